The molecule has 1 heterocycles. The van der Waals surface area contributed by atoms with Crippen molar-refractivity contribution in [1.29, 1.82) is 0 Å². The molecule has 2 rings (SSSR count). The highest BCUT2D eigenvalue weighted by Crippen LogP contribution is 2.16. The van der Waals surface area contributed by atoms with Gasteiger partial charge in [0.25, 0.3) is 0 Å². The molecular weight excluding hydrogens is 266 g/mol. The highest BCUT2D eigenvalue weighted by molar-refractivity contribution is 5.73. The zero-order chi connectivity index (χ0) is 14.9. The van der Waals surface area contributed by atoms with Gasteiger partial charge < -0.3 is 14.8 Å². The summed E-state index contributed by atoms with van der Waals surface area (Å²) in [5.41, 5.74) is 1.28. The van der Waals surface area contributed by atoms with E-state index in [1.807, 2.05) is 18.2 Å². The molecule has 4 nitrogen and oxygen atoms in total. The van der Waals surface area contributed by atoms with Crippen LogP contribution >= 0.6 is 0 Å². The van der Waals surface area contributed by atoms with Gasteiger partial charge in [0.05, 0.1) is 25.7 Å². The summed E-state index contributed by atoms with van der Waals surface area (Å²) in [5, 5.41) is 3.35. The van der Waals surface area contributed by atoms with Crippen LogP contribution in [0.2, 0.25) is 0 Å². The standard InChI is InChI=1S/C17H25NO3/c1-2-10-18-16-13-20-12-15(16)17(19)21-11-6-9-14-7-4-3-5-8-14/h3-5,7-8,15-16,18H,2,6,9-13H2,1H3. The molecule has 1 aliphatic rings. The molecule has 1 aliphatic heterocycles. The molecule has 0 aromatic heterocycles. The summed E-state index contributed by atoms with van der Waals surface area (Å²) in [6, 6.07) is 10.4. The van der Waals surface area contributed by atoms with Gasteiger partial charge in [0, 0.05) is 6.04 Å². The number of benzene rings is 1. The number of aryl methyl sites for hydroxylation is 1. The quantitative estimate of drug-likeness (QED) is 0.589. The van der Waals surface area contributed by atoms with Crippen molar-refractivity contribution in [1.82, 2.24) is 5.32 Å². The minimum Gasteiger partial charge on any atom is -0.465 e. The van der Waals surface area contributed by atoms with Gasteiger partial charge in [0.15, 0.2) is 0 Å². The van der Waals surface area contributed by atoms with Crippen molar-refractivity contribution in [2.24, 2.45) is 5.92 Å². The minimum absolute atomic E-state index is 0.103. The fourth-order valence-electron chi connectivity index (χ4n) is 2.52. The second-order valence-electron chi connectivity index (χ2n) is 5.46. The van der Waals surface area contributed by atoms with E-state index in [1.165, 1.54) is 5.56 Å². The van der Waals surface area contributed by atoms with Crippen LogP contribution in [0.5, 0.6) is 0 Å². The smallest absolute Gasteiger partial charge is 0.312 e. The fraction of sp³-hybridized carbons (Fsp3) is 0.588. The van der Waals surface area contributed by atoms with E-state index in [0.29, 0.717) is 19.8 Å². The van der Waals surface area contributed by atoms with Gasteiger partial charge in [-0.25, -0.2) is 0 Å². The zero-order valence-corrected chi connectivity index (χ0v) is 12.7. The molecule has 0 saturated carbocycles. The Bertz CT molecular complexity index is 421. The molecule has 0 radical (unpaired) electrons. The summed E-state index contributed by atoms with van der Waals surface area (Å²) in [4.78, 5) is 12.1. The predicted octanol–water partition coefficient (Wildman–Crippen LogP) is 2.18. The second-order valence-corrected chi connectivity index (χ2v) is 5.46. The van der Waals surface area contributed by atoms with Crippen molar-refractivity contribution in [3.63, 3.8) is 0 Å². The number of hydrogen-bond acceptors (Lipinski definition) is 4. The van der Waals surface area contributed by atoms with Crippen LogP contribution in [0.25, 0.3) is 0 Å². The highest BCUT2D eigenvalue weighted by atomic mass is 16.5. The molecule has 0 bridgehead atoms. The number of carbonyl (C=O) groups excluding carboxylic acids is 1. The third-order valence-electron chi connectivity index (χ3n) is 3.74. The van der Waals surface area contributed by atoms with Crippen molar-refractivity contribution in [2.75, 3.05) is 26.4 Å². The van der Waals surface area contributed by atoms with Crippen molar-refractivity contribution in [3.05, 3.63) is 35.9 Å². The lowest BCUT2D eigenvalue weighted by atomic mass is 10.0. The number of nitrogens with one attached hydrogen (secondary N) is 1. The first-order valence-electron chi connectivity index (χ1n) is 7.83. The Labute approximate surface area is 126 Å². The number of carbonyl (C=O) groups is 1. The Morgan fingerprint density at radius 3 is 2.90 bits per heavy atom. The van der Waals surface area contributed by atoms with Gasteiger partial charge in [-0.15, -0.1) is 0 Å². The summed E-state index contributed by atoms with van der Waals surface area (Å²) >= 11 is 0. The molecule has 0 spiro atoms. The van der Waals surface area contributed by atoms with E-state index >= 15 is 0 Å². The van der Waals surface area contributed by atoms with E-state index in [0.717, 1.165) is 25.8 Å². The van der Waals surface area contributed by atoms with Crippen LogP contribution in [0.4, 0.5) is 0 Å². The number of hydrogen-bond donors (Lipinski definition) is 1. The average Bonchev–Trinajstić information content (AvgIpc) is 2.99. The average molecular weight is 291 g/mol. The molecule has 1 fully saturated rings. The van der Waals surface area contributed by atoms with Gasteiger partial charge in [0.1, 0.15) is 0 Å². The Morgan fingerprint density at radius 1 is 1.33 bits per heavy atom. The maximum absolute atomic E-state index is 12.1. The van der Waals surface area contributed by atoms with Gasteiger partial charge in [-0.1, -0.05) is 37.3 Å². The molecular formula is C17H25NO3. The Hall–Kier alpha value is -1.39. The van der Waals surface area contributed by atoms with E-state index in [-0.39, 0.29) is 17.9 Å². The normalized spacial score (nSPS) is 21.4. The predicted molar refractivity (Wildman–Crippen MR) is 82.1 cm³/mol. The highest BCUT2D eigenvalue weighted by Gasteiger charge is 2.34. The third-order valence-corrected chi connectivity index (χ3v) is 3.74. The molecule has 1 aromatic carbocycles. The Morgan fingerprint density at radius 2 is 2.14 bits per heavy atom. The van der Waals surface area contributed by atoms with Gasteiger partial charge in [0.2, 0.25) is 0 Å². The first kappa shape index (κ1) is 16.0. The first-order chi connectivity index (χ1) is 10.3. The van der Waals surface area contributed by atoms with Gasteiger partial charge in [-0.05, 0) is 31.4 Å². The fourth-order valence-corrected chi connectivity index (χ4v) is 2.52. The molecule has 21 heavy (non-hydrogen) atoms. The van der Waals surface area contributed by atoms with Crippen molar-refractivity contribution in [3.8, 4) is 0 Å². The molecule has 1 saturated heterocycles. The summed E-state index contributed by atoms with van der Waals surface area (Å²) in [6.07, 6.45) is 2.85. The van der Waals surface area contributed by atoms with Crippen LogP contribution in [0, 0.1) is 5.92 Å². The van der Waals surface area contributed by atoms with Crippen LogP contribution in [0.3, 0.4) is 0 Å². The topological polar surface area (TPSA) is 47.6 Å². The van der Waals surface area contributed by atoms with Crippen molar-refractivity contribution in [2.45, 2.75) is 32.2 Å². The van der Waals surface area contributed by atoms with E-state index in [1.54, 1.807) is 0 Å². The summed E-state index contributed by atoms with van der Waals surface area (Å²) in [5.74, 6) is -0.289. The van der Waals surface area contributed by atoms with Crippen LogP contribution in [0.1, 0.15) is 25.3 Å². The molecule has 2 atom stereocenters. The minimum atomic E-state index is -0.159. The van der Waals surface area contributed by atoms with Crippen LogP contribution in [-0.2, 0) is 20.7 Å². The lowest BCUT2D eigenvalue weighted by molar-refractivity contribution is -0.149. The van der Waals surface area contributed by atoms with E-state index in [9.17, 15) is 4.79 Å². The molecule has 0 aliphatic carbocycles. The molecule has 1 N–H and O–H groups in total. The van der Waals surface area contributed by atoms with E-state index < -0.39 is 0 Å². The number of ether oxygens (including phenoxy) is 2. The maximum Gasteiger partial charge on any atom is 0.312 e. The lowest BCUT2D eigenvalue weighted by Gasteiger charge is -2.17. The largest absolute Gasteiger partial charge is 0.465 e. The summed E-state index contributed by atoms with van der Waals surface area (Å²) in [7, 11) is 0. The maximum atomic E-state index is 12.1. The van der Waals surface area contributed by atoms with Crippen LogP contribution in [-0.4, -0.2) is 38.4 Å². The van der Waals surface area contributed by atoms with Gasteiger partial charge in [-0.2, -0.15) is 0 Å². The van der Waals surface area contributed by atoms with E-state index in [4.69, 9.17) is 9.47 Å². The monoisotopic (exact) mass is 291 g/mol. The number of esters is 1. The molecule has 0 amide bonds. The van der Waals surface area contributed by atoms with Crippen molar-refractivity contribution >= 4 is 5.97 Å². The molecule has 1 aromatic rings. The van der Waals surface area contributed by atoms with Crippen LogP contribution in [0.15, 0.2) is 30.3 Å². The zero-order valence-electron chi connectivity index (χ0n) is 12.7. The second kappa shape index (κ2) is 8.80. The van der Waals surface area contributed by atoms with E-state index in [2.05, 4.69) is 24.4 Å². The van der Waals surface area contributed by atoms with Gasteiger partial charge >= 0.3 is 5.97 Å². The third kappa shape index (κ3) is 5.14. The first-order valence-corrected chi connectivity index (χ1v) is 7.83. The Kier molecular flexibility index (Phi) is 6.70. The molecule has 2 unspecified atom stereocenters. The molecule has 116 valence electrons. The lowest BCUT2D eigenvalue weighted by Crippen LogP contribution is -2.40. The SMILES string of the molecule is CCCNC1COCC1C(=O)OCCCc1ccccc1. The van der Waals surface area contributed by atoms with Gasteiger partial charge in [-0.3, -0.25) is 4.79 Å². The molecule has 4 heteroatoms. The van der Waals surface area contributed by atoms with Crippen LogP contribution < -0.4 is 5.32 Å². The van der Waals surface area contributed by atoms with Crippen molar-refractivity contribution < 1.29 is 14.3 Å². The Balaban J connectivity index is 1.66. The summed E-state index contributed by atoms with van der Waals surface area (Å²) < 4.78 is 10.8. The number of rotatable bonds is 8. The summed E-state index contributed by atoms with van der Waals surface area (Å²) in [6.45, 7) is 4.57.